The van der Waals surface area contributed by atoms with Crippen molar-refractivity contribution in [1.29, 1.82) is 0 Å². The molecule has 0 aliphatic carbocycles. The van der Waals surface area contributed by atoms with E-state index in [1.54, 1.807) is 0 Å². The summed E-state index contributed by atoms with van der Waals surface area (Å²) in [6, 6.07) is 0. The molecule has 0 aromatic rings. The van der Waals surface area contributed by atoms with Crippen molar-refractivity contribution < 1.29 is 9.90 Å². The SMILES string of the molecule is CCCC(CC(C)CC(C)C)C(=O)O. The molecular weight excluding hydrogens is 176 g/mol. The average Bonchev–Trinajstić information content (AvgIpc) is 2.01. The Labute approximate surface area is 87.7 Å². The Morgan fingerprint density at radius 1 is 1.21 bits per heavy atom. The molecule has 2 unspecified atom stereocenters. The van der Waals surface area contributed by atoms with Gasteiger partial charge in [-0.05, 0) is 31.1 Å². The van der Waals surface area contributed by atoms with Crippen molar-refractivity contribution in [2.24, 2.45) is 17.8 Å². The molecule has 2 atom stereocenters. The highest BCUT2D eigenvalue weighted by atomic mass is 16.4. The van der Waals surface area contributed by atoms with Crippen LogP contribution in [0.15, 0.2) is 0 Å². The summed E-state index contributed by atoms with van der Waals surface area (Å²) in [7, 11) is 0. The lowest BCUT2D eigenvalue weighted by Crippen LogP contribution is -2.17. The van der Waals surface area contributed by atoms with Crippen LogP contribution in [0.4, 0.5) is 0 Å². The molecule has 0 bridgehead atoms. The maximum absolute atomic E-state index is 10.9. The van der Waals surface area contributed by atoms with Crippen LogP contribution in [0.25, 0.3) is 0 Å². The smallest absolute Gasteiger partial charge is 0.306 e. The molecule has 0 aliphatic rings. The number of carboxylic acids is 1. The van der Waals surface area contributed by atoms with Crippen LogP contribution in [0.1, 0.15) is 53.4 Å². The van der Waals surface area contributed by atoms with Gasteiger partial charge in [-0.25, -0.2) is 0 Å². The highest BCUT2D eigenvalue weighted by Gasteiger charge is 2.19. The molecule has 0 fully saturated rings. The maximum Gasteiger partial charge on any atom is 0.306 e. The van der Waals surface area contributed by atoms with E-state index in [9.17, 15) is 4.79 Å². The van der Waals surface area contributed by atoms with E-state index in [0.29, 0.717) is 11.8 Å². The topological polar surface area (TPSA) is 37.3 Å². The van der Waals surface area contributed by atoms with Crippen LogP contribution in [0, 0.1) is 17.8 Å². The summed E-state index contributed by atoms with van der Waals surface area (Å²) in [5.41, 5.74) is 0. The zero-order chi connectivity index (χ0) is 11.1. The van der Waals surface area contributed by atoms with Crippen LogP contribution in [-0.2, 0) is 4.79 Å². The number of aliphatic carboxylic acids is 1. The van der Waals surface area contributed by atoms with Crippen molar-refractivity contribution in [1.82, 2.24) is 0 Å². The van der Waals surface area contributed by atoms with E-state index >= 15 is 0 Å². The van der Waals surface area contributed by atoms with Gasteiger partial charge in [-0.3, -0.25) is 4.79 Å². The number of carboxylic acid groups (broad SMARTS) is 1. The van der Waals surface area contributed by atoms with Gasteiger partial charge in [0.1, 0.15) is 0 Å². The van der Waals surface area contributed by atoms with Gasteiger partial charge in [0, 0.05) is 0 Å². The van der Waals surface area contributed by atoms with Crippen molar-refractivity contribution in [3.05, 3.63) is 0 Å². The molecule has 0 saturated heterocycles. The monoisotopic (exact) mass is 200 g/mol. The highest BCUT2D eigenvalue weighted by Crippen LogP contribution is 2.22. The molecule has 0 amide bonds. The third-order valence-corrected chi connectivity index (χ3v) is 2.55. The molecule has 0 rings (SSSR count). The molecular formula is C12H24O2. The van der Waals surface area contributed by atoms with E-state index in [2.05, 4.69) is 20.8 Å². The largest absolute Gasteiger partial charge is 0.481 e. The van der Waals surface area contributed by atoms with Gasteiger partial charge in [0.15, 0.2) is 0 Å². The van der Waals surface area contributed by atoms with Crippen molar-refractivity contribution in [2.45, 2.75) is 53.4 Å². The molecule has 0 spiro atoms. The lowest BCUT2D eigenvalue weighted by Gasteiger charge is -2.18. The van der Waals surface area contributed by atoms with Gasteiger partial charge in [-0.15, -0.1) is 0 Å². The van der Waals surface area contributed by atoms with Gasteiger partial charge in [0.2, 0.25) is 0 Å². The first-order valence-corrected chi connectivity index (χ1v) is 5.70. The van der Waals surface area contributed by atoms with Gasteiger partial charge >= 0.3 is 5.97 Å². The second-order valence-electron chi connectivity index (χ2n) is 4.79. The van der Waals surface area contributed by atoms with Gasteiger partial charge in [-0.1, -0.05) is 34.1 Å². The Bertz CT molecular complexity index is 164. The minimum absolute atomic E-state index is 0.131. The van der Waals surface area contributed by atoms with E-state index in [1.807, 2.05) is 6.92 Å². The summed E-state index contributed by atoms with van der Waals surface area (Å²) in [4.78, 5) is 10.9. The first kappa shape index (κ1) is 13.5. The Hall–Kier alpha value is -0.530. The lowest BCUT2D eigenvalue weighted by molar-refractivity contribution is -0.142. The Kier molecular flexibility index (Phi) is 6.60. The molecule has 0 saturated carbocycles. The molecule has 0 radical (unpaired) electrons. The van der Waals surface area contributed by atoms with Gasteiger partial charge in [0.05, 0.1) is 5.92 Å². The molecule has 0 aromatic heterocycles. The van der Waals surface area contributed by atoms with Gasteiger partial charge in [-0.2, -0.15) is 0 Å². The van der Waals surface area contributed by atoms with E-state index < -0.39 is 5.97 Å². The van der Waals surface area contributed by atoms with Crippen LogP contribution in [0.5, 0.6) is 0 Å². The van der Waals surface area contributed by atoms with Gasteiger partial charge in [0.25, 0.3) is 0 Å². The molecule has 84 valence electrons. The first-order valence-electron chi connectivity index (χ1n) is 5.70. The van der Waals surface area contributed by atoms with Crippen LogP contribution in [0.3, 0.4) is 0 Å². The van der Waals surface area contributed by atoms with Crippen LogP contribution >= 0.6 is 0 Å². The lowest BCUT2D eigenvalue weighted by atomic mass is 9.87. The minimum atomic E-state index is -0.623. The summed E-state index contributed by atoms with van der Waals surface area (Å²) in [5.74, 6) is 0.444. The number of rotatable bonds is 7. The first-order chi connectivity index (χ1) is 6.47. The maximum atomic E-state index is 10.9. The molecule has 0 aliphatic heterocycles. The fourth-order valence-electron chi connectivity index (χ4n) is 2.08. The Morgan fingerprint density at radius 2 is 1.79 bits per heavy atom. The molecule has 14 heavy (non-hydrogen) atoms. The quantitative estimate of drug-likeness (QED) is 0.682. The standard InChI is InChI=1S/C12H24O2/c1-5-6-11(12(13)14)8-10(4)7-9(2)3/h9-11H,5-8H2,1-4H3,(H,13,14). The highest BCUT2D eigenvalue weighted by molar-refractivity contribution is 5.69. The second-order valence-corrected chi connectivity index (χ2v) is 4.79. The average molecular weight is 200 g/mol. The van der Waals surface area contributed by atoms with Crippen LogP contribution in [-0.4, -0.2) is 11.1 Å². The fourth-order valence-corrected chi connectivity index (χ4v) is 2.08. The van der Waals surface area contributed by atoms with E-state index in [-0.39, 0.29) is 5.92 Å². The summed E-state index contributed by atoms with van der Waals surface area (Å²) >= 11 is 0. The zero-order valence-corrected chi connectivity index (χ0v) is 9.92. The summed E-state index contributed by atoms with van der Waals surface area (Å²) in [5, 5.41) is 8.99. The normalized spacial score (nSPS) is 15.5. The zero-order valence-electron chi connectivity index (χ0n) is 9.92. The van der Waals surface area contributed by atoms with Crippen molar-refractivity contribution >= 4 is 5.97 Å². The molecule has 2 heteroatoms. The van der Waals surface area contributed by atoms with E-state index in [4.69, 9.17) is 5.11 Å². The van der Waals surface area contributed by atoms with Crippen molar-refractivity contribution in [2.75, 3.05) is 0 Å². The molecule has 2 nitrogen and oxygen atoms in total. The number of carbonyl (C=O) groups is 1. The predicted molar refractivity (Wildman–Crippen MR) is 59.3 cm³/mol. The third kappa shape index (κ3) is 6.01. The third-order valence-electron chi connectivity index (χ3n) is 2.55. The fraction of sp³-hybridized carbons (Fsp3) is 0.917. The van der Waals surface area contributed by atoms with E-state index in [0.717, 1.165) is 25.7 Å². The van der Waals surface area contributed by atoms with Crippen LogP contribution in [0.2, 0.25) is 0 Å². The van der Waals surface area contributed by atoms with Crippen LogP contribution < -0.4 is 0 Å². The Morgan fingerprint density at radius 3 is 2.14 bits per heavy atom. The predicted octanol–water partition coefficient (Wildman–Crippen LogP) is 3.56. The minimum Gasteiger partial charge on any atom is -0.481 e. The summed E-state index contributed by atoms with van der Waals surface area (Å²) in [6.07, 6.45) is 3.75. The Balaban J connectivity index is 3.95. The molecule has 0 heterocycles. The number of hydrogen-bond acceptors (Lipinski definition) is 1. The summed E-state index contributed by atoms with van der Waals surface area (Å²) in [6.45, 7) is 8.58. The second kappa shape index (κ2) is 6.86. The molecule has 0 aromatic carbocycles. The van der Waals surface area contributed by atoms with Crippen molar-refractivity contribution in [3.63, 3.8) is 0 Å². The van der Waals surface area contributed by atoms with Crippen molar-refractivity contribution in [3.8, 4) is 0 Å². The molecule has 1 N–H and O–H groups in total. The van der Waals surface area contributed by atoms with E-state index in [1.165, 1.54) is 0 Å². The summed E-state index contributed by atoms with van der Waals surface area (Å²) < 4.78 is 0. The number of hydrogen-bond donors (Lipinski definition) is 1. The van der Waals surface area contributed by atoms with Gasteiger partial charge < -0.3 is 5.11 Å².